The highest BCUT2D eigenvalue weighted by atomic mass is 79.9. The number of carbonyl (C=O) groups excluding carboxylic acids is 1. The molecule has 0 aliphatic rings. The predicted octanol–water partition coefficient (Wildman–Crippen LogP) is 4.47. The van der Waals surface area contributed by atoms with Gasteiger partial charge in [0.1, 0.15) is 5.82 Å². The summed E-state index contributed by atoms with van der Waals surface area (Å²) in [6, 6.07) is 4.85. The Hall–Kier alpha value is -1.51. The van der Waals surface area contributed by atoms with Crippen molar-refractivity contribution in [1.82, 2.24) is 0 Å². The van der Waals surface area contributed by atoms with Gasteiger partial charge in [0.05, 0.1) is 24.7 Å². The summed E-state index contributed by atoms with van der Waals surface area (Å²) in [5.74, 6) is -1.35. The summed E-state index contributed by atoms with van der Waals surface area (Å²) in [7, 11) is 0. The molecule has 0 N–H and O–H groups in total. The normalized spacial score (nSPS) is 10.4. The van der Waals surface area contributed by atoms with Crippen molar-refractivity contribution in [1.29, 1.82) is 0 Å². The zero-order valence-electron chi connectivity index (χ0n) is 10.1. The maximum atomic E-state index is 13.2. The Kier molecular flexibility index (Phi) is 4.92. The average molecular weight is 395 g/mol. The standard InChI is InChI=1S/C12H6BrClFNO4S/c13-7-3-6(15)4-8(16(18)19)12(7)20-5-9(17)10-1-2-11(14)21-10/h1-4H,5H2. The van der Waals surface area contributed by atoms with E-state index in [0.717, 1.165) is 23.5 Å². The number of carbonyl (C=O) groups is 1. The van der Waals surface area contributed by atoms with Crippen LogP contribution in [0.4, 0.5) is 10.1 Å². The number of halogens is 3. The van der Waals surface area contributed by atoms with Gasteiger partial charge < -0.3 is 4.74 Å². The van der Waals surface area contributed by atoms with Crippen molar-refractivity contribution in [2.24, 2.45) is 0 Å². The lowest BCUT2D eigenvalue weighted by atomic mass is 10.3. The fourth-order valence-corrected chi connectivity index (χ4v) is 3.00. The molecule has 9 heteroatoms. The number of thiophene rings is 1. The smallest absolute Gasteiger partial charge is 0.315 e. The second-order valence-electron chi connectivity index (χ2n) is 3.81. The summed E-state index contributed by atoms with van der Waals surface area (Å²) in [6.07, 6.45) is 0. The monoisotopic (exact) mass is 393 g/mol. The molecule has 5 nitrogen and oxygen atoms in total. The van der Waals surface area contributed by atoms with Gasteiger partial charge in [-0.05, 0) is 34.1 Å². The third-order valence-electron chi connectivity index (χ3n) is 2.38. The van der Waals surface area contributed by atoms with Crippen LogP contribution in [0, 0.1) is 15.9 Å². The van der Waals surface area contributed by atoms with Crippen LogP contribution >= 0.6 is 38.9 Å². The second-order valence-corrected chi connectivity index (χ2v) is 6.38. The molecule has 2 rings (SSSR count). The first-order valence-corrected chi connectivity index (χ1v) is 7.42. The molecule has 0 saturated heterocycles. The number of hydrogen-bond acceptors (Lipinski definition) is 5. The molecular formula is C12H6BrClFNO4S. The molecule has 1 heterocycles. The number of rotatable bonds is 5. The number of nitrogens with zero attached hydrogens (tertiary/aromatic N) is 1. The summed E-state index contributed by atoms with van der Waals surface area (Å²) in [5.41, 5.74) is -0.557. The van der Waals surface area contributed by atoms with Crippen LogP contribution in [0.3, 0.4) is 0 Å². The molecule has 0 atom stereocenters. The van der Waals surface area contributed by atoms with E-state index in [2.05, 4.69) is 15.9 Å². The van der Waals surface area contributed by atoms with Crippen molar-refractivity contribution in [3.8, 4) is 5.75 Å². The zero-order valence-corrected chi connectivity index (χ0v) is 13.3. The number of ketones is 1. The highest BCUT2D eigenvalue weighted by molar-refractivity contribution is 9.10. The fourth-order valence-electron chi connectivity index (χ4n) is 1.50. The van der Waals surface area contributed by atoms with E-state index < -0.39 is 23.0 Å². The first-order valence-electron chi connectivity index (χ1n) is 5.43. The minimum atomic E-state index is -0.782. The fraction of sp³-hybridized carbons (Fsp3) is 0.0833. The second kappa shape index (κ2) is 6.50. The Labute approximate surface area is 135 Å². The number of ether oxygens (including phenoxy) is 1. The Morgan fingerprint density at radius 1 is 1.48 bits per heavy atom. The quantitative estimate of drug-likeness (QED) is 0.426. The van der Waals surface area contributed by atoms with Crippen LogP contribution in [0.25, 0.3) is 0 Å². The van der Waals surface area contributed by atoms with Gasteiger partial charge in [-0.15, -0.1) is 11.3 Å². The zero-order chi connectivity index (χ0) is 15.6. The SMILES string of the molecule is O=C(COc1c(Br)cc(F)cc1[N+](=O)[O-])c1ccc(Cl)s1. The number of Topliss-reactive ketones (excluding diaryl/α,β-unsaturated/α-hetero) is 1. The molecule has 0 aliphatic carbocycles. The summed E-state index contributed by atoms with van der Waals surface area (Å²) >= 11 is 9.77. The highest BCUT2D eigenvalue weighted by Gasteiger charge is 2.22. The Balaban J connectivity index is 2.20. The van der Waals surface area contributed by atoms with Crippen molar-refractivity contribution in [3.05, 3.63) is 53.9 Å². The van der Waals surface area contributed by atoms with Gasteiger partial charge in [0.25, 0.3) is 0 Å². The summed E-state index contributed by atoms with van der Waals surface area (Å²) < 4.78 is 18.8. The van der Waals surface area contributed by atoms with E-state index >= 15 is 0 Å². The molecule has 0 fully saturated rings. The first-order chi connectivity index (χ1) is 9.88. The Morgan fingerprint density at radius 3 is 2.76 bits per heavy atom. The summed E-state index contributed by atoms with van der Waals surface area (Å²) in [6.45, 7) is -0.415. The maximum absolute atomic E-state index is 13.2. The van der Waals surface area contributed by atoms with Crippen molar-refractivity contribution in [3.63, 3.8) is 0 Å². The van der Waals surface area contributed by atoms with Gasteiger partial charge in [-0.1, -0.05) is 11.6 Å². The lowest BCUT2D eigenvalue weighted by molar-refractivity contribution is -0.386. The number of nitro benzene ring substituents is 1. The summed E-state index contributed by atoms with van der Waals surface area (Å²) in [4.78, 5) is 22.3. The number of benzene rings is 1. The van der Waals surface area contributed by atoms with E-state index in [0.29, 0.717) is 9.21 Å². The Morgan fingerprint density at radius 2 is 2.19 bits per heavy atom. The van der Waals surface area contributed by atoms with E-state index in [1.165, 1.54) is 6.07 Å². The number of nitro groups is 1. The molecule has 1 aromatic carbocycles. The third kappa shape index (κ3) is 3.78. The van der Waals surface area contributed by atoms with Gasteiger partial charge in [0.2, 0.25) is 11.5 Å². The molecule has 1 aromatic heterocycles. The van der Waals surface area contributed by atoms with Crippen LogP contribution in [0.2, 0.25) is 4.34 Å². The van der Waals surface area contributed by atoms with Gasteiger partial charge in [0, 0.05) is 0 Å². The van der Waals surface area contributed by atoms with Crippen LogP contribution in [-0.4, -0.2) is 17.3 Å². The van der Waals surface area contributed by atoms with Gasteiger partial charge in [-0.25, -0.2) is 4.39 Å². The molecule has 0 saturated carbocycles. The van der Waals surface area contributed by atoms with Crippen LogP contribution in [0.1, 0.15) is 9.67 Å². The van der Waals surface area contributed by atoms with Gasteiger partial charge >= 0.3 is 5.69 Å². The topological polar surface area (TPSA) is 69.4 Å². The predicted molar refractivity (Wildman–Crippen MR) is 79.9 cm³/mol. The average Bonchev–Trinajstić information content (AvgIpc) is 2.83. The lowest BCUT2D eigenvalue weighted by Crippen LogP contribution is -2.11. The minimum Gasteiger partial charge on any atom is -0.478 e. The van der Waals surface area contributed by atoms with Crippen LogP contribution < -0.4 is 4.74 Å². The minimum absolute atomic E-state index is 0.0613. The molecule has 0 bridgehead atoms. The van der Waals surface area contributed by atoms with Crippen LogP contribution in [0.5, 0.6) is 5.75 Å². The molecule has 0 spiro atoms. The van der Waals surface area contributed by atoms with E-state index in [-0.39, 0.29) is 16.0 Å². The van der Waals surface area contributed by atoms with Crippen molar-refractivity contribution >= 4 is 50.3 Å². The van der Waals surface area contributed by atoms with E-state index in [1.54, 1.807) is 6.07 Å². The van der Waals surface area contributed by atoms with E-state index in [9.17, 15) is 19.3 Å². The Bertz CT molecular complexity index is 721. The molecular weight excluding hydrogens is 389 g/mol. The number of hydrogen-bond donors (Lipinski definition) is 0. The van der Waals surface area contributed by atoms with Crippen LogP contribution in [0.15, 0.2) is 28.7 Å². The largest absolute Gasteiger partial charge is 0.478 e. The van der Waals surface area contributed by atoms with E-state index in [4.69, 9.17) is 16.3 Å². The first kappa shape index (κ1) is 15.9. The summed E-state index contributed by atoms with van der Waals surface area (Å²) in [5, 5.41) is 10.9. The van der Waals surface area contributed by atoms with Crippen molar-refractivity contribution in [2.45, 2.75) is 0 Å². The van der Waals surface area contributed by atoms with Crippen molar-refractivity contribution in [2.75, 3.05) is 6.61 Å². The third-order valence-corrected chi connectivity index (χ3v) is 4.24. The van der Waals surface area contributed by atoms with Crippen LogP contribution in [-0.2, 0) is 0 Å². The molecule has 110 valence electrons. The maximum Gasteiger partial charge on any atom is 0.315 e. The molecule has 0 amide bonds. The molecule has 0 radical (unpaired) electrons. The van der Waals surface area contributed by atoms with E-state index in [1.807, 2.05) is 0 Å². The lowest BCUT2D eigenvalue weighted by Gasteiger charge is -2.07. The molecule has 2 aromatic rings. The molecule has 0 unspecified atom stereocenters. The van der Waals surface area contributed by atoms with Gasteiger partial charge in [-0.3, -0.25) is 14.9 Å². The molecule has 0 aliphatic heterocycles. The van der Waals surface area contributed by atoms with Gasteiger partial charge in [-0.2, -0.15) is 0 Å². The van der Waals surface area contributed by atoms with Crippen molar-refractivity contribution < 1.29 is 18.8 Å². The van der Waals surface area contributed by atoms with Gasteiger partial charge in [0.15, 0.2) is 6.61 Å². The highest BCUT2D eigenvalue weighted by Crippen LogP contribution is 2.36. The molecule has 21 heavy (non-hydrogen) atoms.